The van der Waals surface area contributed by atoms with E-state index in [1.54, 1.807) is 6.07 Å². The maximum absolute atomic E-state index is 9.09. The molecule has 0 aromatic heterocycles. The topological polar surface area (TPSA) is 33.0 Å². The highest BCUT2D eigenvalue weighted by Crippen LogP contribution is 2.29. The van der Waals surface area contributed by atoms with Crippen molar-refractivity contribution >= 4 is 11.6 Å². The molecule has 0 N–H and O–H groups in total. The molecule has 0 bridgehead atoms. The van der Waals surface area contributed by atoms with Crippen LogP contribution < -0.4 is 4.74 Å². The fourth-order valence-electron chi connectivity index (χ4n) is 1.81. The molecule has 0 aliphatic carbocycles. The Bertz CT molecular complexity index is 629. The lowest BCUT2D eigenvalue weighted by molar-refractivity contribution is 0.242. The summed E-state index contributed by atoms with van der Waals surface area (Å²) in [7, 11) is 0. The van der Waals surface area contributed by atoms with E-state index in [0.717, 1.165) is 11.1 Å². The van der Waals surface area contributed by atoms with Crippen molar-refractivity contribution in [3.63, 3.8) is 0 Å². The van der Waals surface area contributed by atoms with Crippen LogP contribution in [0.3, 0.4) is 0 Å². The first kappa shape index (κ1) is 13.5. The first-order chi connectivity index (χ1) is 9.10. The average Bonchev–Trinajstić information content (AvgIpc) is 2.38. The molecule has 0 atom stereocenters. The molecule has 2 aromatic carbocycles. The Morgan fingerprint density at radius 2 is 1.84 bits per heavy atom. The molecule has 3 heteroatoms. The fourth-order valence-corrected chi connectivity index (χ4v) is 2.00. The molecule has 0 saturated carbocycles. The van der Waals surface area contributed by atoms with Gasteiger partial charge in [0, 0.05) is 5.02 Å². The molecule has 2 nitrogen and oxygen atoms in total. The zero-order valence-electron chi connectivity index (χ0n) is 10.9. The zero-order chi connectivity index (χ0) is 13.8. The largest absolute Gasteiger partial charge is 0.490 e. The van der Waals surface area contributed by atoms with Crippen LogP contribution in [-0.2, 0) is 0 Å². The second-order valence-corrected chi connectivity index (χ2v) is 4.94. The highest BCUT2D eigenvalue weighted by atomic mass is 35.5. The molecular formula is C16H14ClNO. The first-order valence-electron chi connectivity index (χ1n) is 6.07. The minimum atomic E-state index is 0.0294. The molecule has 96 valence electrons. The number of halogens is 1. The van der Waals surface area contributed by atoms with Crippen LogP contribution in [0.5, 0.6) is 5.75 Å². The second kappa shape index (κ2) is 5.77. The summed E-state index contributed by atoms with van der Waals surface area (Å²) in [5, 5.41) is 9.77. The van der Waals surface area contributed by atoms with Crippen molar-refractivity contribution in [2.45, 2.75) is 20.0 Å². The van der Waals surface area contributed by atoms with Gasteiger partial charge >= 0.3 is 0 Å². The third kappa shape index (κ3) is 3.27. The maximum atomic E-state index is 9.09. The average molecular weight is 272 g/mol. The van der Waals surface area contributed by atoms with E-state index in [0.29, 0.717) is 16.3 Å². The van der Waals surface area contributed by atoms with E-state index in [4.69, 9.17) is 21.6 Å². The first-order valence-corrected chi connectivity index (χ1v) is 6.44. The minimum Gasteiger partial charge on any atom is -0.490 e. The van der Waals surface area contributed by atoms with Gasteiger partial charge in [-0.25, -0.2) is 0 Å². The molecule has 0 amide bonds. The third-order valence-corrected chi connectivity index (χ3v) is 2.86. The highest BCUT2D eigenvalue weighted by Gasteiger charge is 2.08. The smallest absolute Gasteiger partial charge is 0.138 e. The van der Waals surface area contributed by atoms with E-state index in [9.17, 15) is 0 Å². The summed E-state index contributed by atoms with van der Waals surface area (Å²) in [6, 6.07) is 15.3. The van der Waals surface area contributed by atoms with Crippen LogP contribution in [0, 0.1) is 11.3 Å². The molecule has 0 aliphatic rings. The van der Waals surface area contributed by atoms with Gasteiger partial charge in [-0.05, 0) is 49.2 Å². The minimum absolute atomic E-state index is 0.0294. The van der Waals surface area contributed by atoms with Crippen LogP contribution >= 0.6 is 11.6 Å². The van der Waals surface area contributed by atoms with Crippen molar-refractivity contribution in [1.29, 1.82) is 5.26 Å². The Balaban J connectivity index is 2.46. The normalized spacial score (nSPS) is 10.3. The summed E-state index contributed by atoms with van der Waals surface area (Å²) in [5.74, 6) is 0.606. The van der Waals surface area contributed by atoms with Crippen LogP contribution in [0.2, 0.25) is 5.02 Å². The van der Waals surface area contributed by atoms with Crippen molar-refractivity contribution in [2.75, 3.05) is 0 Å². The summed E-state index contributed by atoms with van der Waals surface area (Å²) >= 11 is 5.99. The third-order valence-electron chi connectivity index (χ3n) is 2.62. The van der Waals surface area contributed by atoms with Gasteiger partial charge < -0.3 is 4.74 Å². The Kier molecular flexibility index (Phi) is 4.09. The molecule has 2 rings (SSSR count). The number of ether oxygens (including phenoxy) is 1. The monoisotopic (exact) mass is 271 g/mol. The molecule has 0 radical (unpaired) electrons. The highest BCUT2D eigenvalue weighted by molar-refractivity contribution is 6.30. The number of benzene rings is 2. The van der Waals surface area contributed by atoms with Crippen molar-refractivity contribution in [2.24, 2.45) is 0 Å². The molecule has 0 heterocycles. The molecule has 19 heavy (non-hydrogen) atoms. The van der Waals surface area contributed by atoms with Gasteiger partial charge in [-0.2, -0.15) is 5.26 Å². The SMILES string of the molecule is CC(C)Oc1cc(-c2cccc(Cl)c2)ccc1C#N. The summed E-state index contributed by atoms with van der Waals surface area (Å²) in [5.41, 5.74) is 2.53. The zero-order valence-corrected chi connectivity index (χ0v) is 11.6. The quantitative estimate of drug-likeness (QED) is 0.813. The van der Waals surface area contributed by atoms with Gasteiger partial charge in [0.25, 0.3) is 0 Å². The molecule has 0 fully saturated rings. The number of nitrogens with zero attached hydrogens (tertiary/aromatic N) is 1. The number of rotatable bonds is 3. The van der Waals surface area contributed by atoms with Crippen molar-refractivity contribution in [3.8, 4) is 22.9 Å². The lowest BCUT2D eigenvalue weighted by Crippen LogP contribution is -2.06. The lowest BCUT2D eigenvalue weighted by atomic mass is 10.0. The predicted octanol–water partition coefficient (Wildman–Crippen LogP) is 4.67. The van der Waals surface area contributed by atoms with Gasteiger partial charge in [0.2, 0.25) is 0 Å². The predicted molar refractivity (Wildman–Crippen MR) is 77.4 cm³/mol. The molecule has 0 saturated heterocycles. The molecule has 0 spiro atoms. The van der Waals surface area contributed by atoms with Gasteiger partial charge in [0.1, 0.15) is 11.8 Å². The van der Waals surface area contributed by atoms with E-state index in [2.05, 4.69) is 6.07 Å². The number of hydrogen-bond donors (Lipinski definition) is 0. The standard InChI is InChI=1S/C16H14ClNO/c1-11(2)19-16-9-13(6-7-14(16)10-18)12-4-3-5-15(17)8-12/h3-9,11H,1-2H3. The Hall–Kier alpha value is -1.98. The van der Waals surface area contributed by atoms with Crippen LogP contribution in [-0.4, -0.2) is 6.10 Å². The van der Waals surface area contributed by atoms with Gasteiger partial charge in [-0.3, -0.25) is 0 Å². The van der Waals surface area contributed by atoms with Gasteiger partial charge in [-0.15, -0.1) is 0 Å². The van der Waals surface area contributed by atoms with Gasteiger partial charge in [0.15, 0.2) is 0 Å². The number of hydrogen-bond acceptors (Lipinski definition) is 2. The van der Waals surface area contributed by atoms with Gasteiger partial charge in [0.05, 0.1) is 11.7 Å². The van der Waals surface area contributed by atoms with Crippen molar-refractivity contribution in [1.82, 2.24) is 0 Å². The Morgan fingerprint density at radius 3 is 2.47 bits per heavy atom. The van der Waals surface area contributed by atoms with Gasteiger partial charge in [-0.1, -0.05) is 29.8 Å². The summed E-state index contributed by atoms with van der Waals surface area (Å²) in [4.78, 5) is 0. The summed E-state index contributed by atoms with van der Waals surface area (Å²) in [6.07, 6.45) is 0.0294. The van der Waals surface area contributed by atoms with E-state index in [1.165, 1.54) is 0 Å². The maximum Gasteiger partial charge on any atom is 0.138 e. The Morgan fingerprint density at radius 1 is 1.11 bits per heavy atom. The summed E-state index contributed by atoms with van der Waals surface area (Å²) < 4.78 is 5.67. The van der Waals surface area contributed by atoms with Crippen LogP contribution in [0.15, 0.2) is 42.5 Å². The van der Waals surface area contributed by atoms with E-state index >= 15 is 0 Å². The van der Waals surface area contributed by atoms with Crippen LogP contribution in [0.4, 0.5) is 0 Å². The summed E-state index contributed by atoms with van der Waals surface area (Å²) in [6.45, 7) is 3.88. The van der Waals surface area contributed by atoms with E-state index in [-0.39, 0.29) is 6.10 Å². The van der Waals surface area contributed by atoms with E-state index < -0.39 is 0 Å². The fraction of sp³-hybridized carbons (Fsp3) is 0.188. The molecule has 0 unspecified atom stereocenters. The Labute approximate surface area is 118 Å². The van der Waals surface area contributed by atoms with Crippen LogP contribution in [0.25, 0.3) is 11.1 Å². The van der Waals surface area contributed by atoms with Crippen molar-refractivity contribution in [3.05, 3.63) is 53.1 Å². The van der Waals surface area contributed by atoms with Crippen LogP contribution in [0.1, 0.15) is 19.4 Å². The van der Waals surface area contributed by atoms with Crippen molar-refractivity contribution < 1.29 is 4.74 Å². The molecular weight excluding hydrogens is 258 g/mol. The number of nitriles is 1. The molecule has 2 aromatic rings. The molecule has 0 aliphatic heterocycles. The van der Waals surface area contributed by atoms with E-state index in [1.807, 2.05) is 50.2 Å². The second-order valence-electron chi connectivity index (χ2n) is 4.50. The lowest BCUT2D eigenvalue weighted by Gasteiger charge is -2.12.